The SMILES string of the molecule is O=CNC(CSCc1c(Cl)cccc1[N+](=O)[O-])C(=O)O. The zero-order chi connectivity index (χ0) is 15.1. The van der Waals surface area contributed by atoms with Crippen LogP contribution in [0.15, 0.2) is 18.2 Å². The van der Waals surface area contributed by atoms with Crippen molar-refractivity contribution in [2.24, 2.45) is 0 Å². The molecule has 9 heteroatoms. The Hall–Kier alpha value is -1.80. The van der Waals surface area contributed by atoms with Crippen LogP contribution in [0.5, 0.6) is 0 Å². The Morgan fingerprint density at radius 1 is 1.60 bits per heavy atom. The van der Waals surface area contributed by atoms with Crippen LogP contribution in [0.1, 0.15) is 5.56 Å². The topological polar surface area (TPSA) is 110 Å². The Morgan fingerprint density at radius 2 is 2.30 bits per heavy atom. The number of carboxylic acids is 1. The first-order valence-electron chi connectivity index (χ1n) is 5.39. The molecule has 1 atom stereocenters. The molecule has 0 saturated heterocycles. The molecule has 0 fully saturated rings. The first-order valence-corrected chi connectivity index (χ1v) is 6.92. The first kappa shape index (κ1) is 16.3. The van der Waals surface area contributed by atoms with Gasteiger partial charge in [-0.25, -0.2) is 4.79 Å². The minimum absolute atomic E-state index is 0.0798. The molecule has 0 aliphatic heterocycles. The van der Waals surface area contributed by atoms with Crippen molar-refractivity contribution in [3.63, 3.8) is 0 Å². The number of rotatable bonds is 8. The van der Waals surface area contributed by atoms with Gasteiger partial charge in [0.25, 0.3) is 5.69 Å². The Bertz CT molecular complexity index is 526. The fourth-order valence-electron chi connectivity index (χ4n) is 1.41. The van der Waals surface area contributed by atoms with Gasteiger partial charge in [-0.05, 0) is 6.07 Å². The van der Waals surface area contributed by atoms with Crippen molar-refractivity contribution in [2.45, 2.75) is 11.8 Å². The van der Waals surface area contributed by atoms with Crippen molar-refractivity contribution in [3.8, 4) is 0 Å². The van der Waals surface area contributed by atoms with E-state index in [1.54, 1.807) is 0 Å². The Labute approximate surface area is 123 Å². The zero-order valence-corrected chi connectivity index (χ0v) is 11.7. The van der Waals surface area contributed by atoms with Crippen LogP contribution in [0.4, 0.5) is 5.69 Å². The standard InChI is InChI=1S/C11H11ClN2O5S/c12-8-2-1-3-10(14(18)19)7(8)4-20-5-9(11(16)17)13-6-15/h1-3,6,9H,4-5H2,(H,13,15)(H,16,17). The molecule has 108 valence electrons. The number of nitrogens with one attached hydrogen (secondary N) is 1. The van der Waals surface area contributed by atoms with Gasteiger partial charge in [0.05, 0.1) is 15.5 Å². The number of carbonyl (C=O) groups excluding carboxylic acids is 1. The Morgan fingerprint density at radius 3 is 2.85 bits per heavy atom. The number of nitrogens with zero attached hydrogens (tertiary/aromatic N) is 1. The second kappa shape index (κ2) is 7.71. The van der Waals surface area contributed by atoms with Crippen molar-refractivity contribution in [1.82, 2.24) is 5.32 Å². The van der Waals surface area contributed by atoms with Gasteiger partial charge >= 0.3 is 5.97 Å². The number of thioether (sulfide) groups is 1. The van der Waals surface area contributed by atoms with E-state index in [0.29, 0.717) is 12.0 Å². The van der Waals surface area contributed by atoms with Crippen LogP contribution in [0.2, 0.25) is 5.02 Å². The molecular formula is C11H11ClN2O5S. The number of carboxylic acid groups (broad SMARTS) is 1. The summed E-state index contributed by atoms with van der Waals surface area (Å²) in [4.78, 5) is 31.4. The van der Waals surface area contributed by atoms with E-state index in [9.17, 15) is 19.7 Å². The third kappa shape index (κ3) is 4.39. The lowest BCUT2D eigenvalue weighted by Crippen LogP contribution is -2.37. The monoisotopic (exact) mass is 318 g/mol. The van der Waals surface area contributed by atoms with Crippen molar-refractivity contribution in [1.29, 1.82) is 0 Å². The predicted molar refractivity (Wildman–Crippen MR) is 74.9 cm³/mol. The van der Waals surface area contributed by atoms with Gasteiger partial charge in [-0.1, -0.05) is 17.7 Å². The van der Waals surface area contributed by atoms with Gasteiger partial charge in [0.15, 0.2) is 0 Å². The van der Waals surface area contributed by atoms with Crippen LogP contribution in [0, 0.1) is 10.1 Å². The quantitative estimate of drug-likeness (QED) is 0.429. The van der Waals surface area contributed by atoms with E-state index in [0.717, 1.165) is 11.8 Å². The molecule has 20 heavy (non-hydrogen) atoms. The summed E-state index contributed by atoms with van der Waals surface area (Å²) in [6.45, 7) is 0. The molecule has 1 aromatic rings. The summed E-state index contributed by atoms with van der Waals surface area (Å²) < 4.78 is 0. The number of carbonyl (C=O) groups is 2. The van der Waals surface area contributed by atoms with E-state index in [1.807, 2.05) is 0 Å². The highest BCUT2D eigenvalue weighted by Crippen LogP contribution is 2.30. The number of hydrogen-bond acceptors (Lipinski definition) is 5. The molecule has 1 aromatic carbocycles. The number of aliphatic carboxylic acids is 1. The Kier molecular flexibility index (Phi) is 6.26. The molecule has 0 aliphatic rings. The van der Waals surface area contributed by atoms with Crippen LogP contribution >= 0.6 is 23.4 Å². The maximum atomic E-state index is 10.9. The van der Waals surface area contributed by atoms with E-state index in [2.05, 4.69) is 5.32 Å². The molecule has 2 N–H and O–H groups in total. The average Bonchev–Trinajstić information content (AvgIpc) is 2.38. The molecule has 0 heterocycles. The normalized spacial score (nSPS) is 11.7. The van der Waals surface area contributed by atoms with Gasteiger partial charge < -0.3 is 10.4 Å². The van der Waals surface area contributed by atoms with Gasteiger partial charge in [0.2, 0.25) is 6.41 Å². The maximum absolute atomic E-state index is 10.9. The predicted octanol–water partition coefficient (Wildman–Crippen LogP) is 1.68. The second-order valence-electron chi connectivity index (χ2n) is 3.69. The van der Waals surface area contributed by atoms with Crippen LogP contribution in [0.25, 0.3) is 0 Å². The van der Waals surface area contributed by atoms with Gasteiger partial charge in [-0.2, -0.15) is 11.8 Å². The zero-order valence-electron chi connectivity index (χ0n) is 10.1. The smallest absolute Gasteiger partial charge is 0.327 e. The minimum atomic E-state index is -1.17. The molecule has 1 amide bonds. The summed E-state index contributed by atoms with van der Waals surface area (Å²) in [5.74, 6) is -0.908. The van der Waals surface area contributed by atoms with E-state index >= 15 is 0 Å². The number of halogens is 1. The lowest BCUT2D eigenvalue weighted by molar-refractivity contribution is -0.385. The highest BCUT2D eigenvalue weighted by atomic mass is 35.5. The third-order valence-corrected chi connectivity index (χ3v) is 3.81. The number of nitro groups is 1. The fourth-order valence-corrected chi connectivity index (χ4v) is 2.83. The lowest BCUT2D eigenvalue weighted by Gasteiger charge is -2.11. The summed E-state index contributed by atoms with van der Waals surface area (Å²) in [6.07, 6.45) is 0.303. The third-order valence-electron chi connectivity index (χ3n) is 2.39. The number of nitro benzene ring substituents is 1. The molecule has 0 spiro atoms. The molecule has 0 aliphatic carbocycles. The lowest BCUT2D eigenvalue weighted by atomic mass is 10.2. The van der Waals surface area contributed by atoms with Crippen LogP contribution < -0.4 is 5.32 Å². The molecule has 0 radical (unpaired) electrons. The Balaban J connectivity index is 2.72. The van der Waals surface area contributed by atoms with Gasteiger partial charge in [-0.15, -0.1) is 0 Å². The van der Waals surface area contributed by atoms with Crippen LogP contribution in [-0.2, 0) is 15.3 Å². The molecule has 7 nitrogen and oxygen atoms in total. The minimum Gasteiger partial charge on any atom is -0.480 e. The fraction of sp³-hybridized carbons (Fsp3) is 0.273. The van der Waals surface area contributed by atoms with Gasteiger partial charge in [0.1, 0.15) is 6.04 Å². The molecule has 1 unspecified atom stereocenters. The highest BCUT2D eigenvalue weighted by Gasteiger charge is 2.19. The summed E-state index contributed by atoms with van der Waals surface area (Å²) in [5.41, 5.74) is 0.222. The van der Waals surface area contributed by atoms with Gasteiger partial charge in [0, 0.05) is 17.6 Å². The van der Waals surface area contributed by atoms with E-state index in [1.165, 1.54) is 18.2 Å². The van der Waals surface area contributed by atoms with Crippen molar-refractivity contribution >= 4 is 41.4 Å². The number of amides is 1. The molecule has 0 bridgehead atoms. The van der Waals surface area contributed by atoms with Crippen molar-refractivity contribution < 1.29 is 19.6 Å². The molecule has 1 rings (SSSR count). The molecule has 0 aromatic heterocycles. The largest absolute Gasteiger partial charge is 0.480 e. The highest BCUT2D eigenvalue weighted by molar-refractivity contribution is 7.98. The number of hydrogen-bond donors (Lipinski definition) is 2. The van der Waals surface area contributed by atoms with Crippen molar-refractivity contribution in [2.75, 3.05) is 5.75 Å². The number of benzene rings is 1. The first-order chi connectivity index (χ1) is 9.47. The van der Waals surface area contributed by atoms with E-state index in [4.69, 9.17) is 16.7 Å². The van der Waals surface area contributed by atoms with Crippen molar-refractivity contribution in [3.05, 3.63) is 38.9 Å². The van der Waals surface area contributed by atoms with E-state index < -0.39 is 16.9 Å². The van der Waals surface area contributed by atoms with Crippen LogP contribution in [-0.4, -0.2) is 34.2 Å². The summed E-state index contributed by atoms with van der Waals surface area (Å²) in [7, 11) is 0. The molecule has 0 saturated carbocycles. The molecular weight excluding hydrogens is 308 g/mol. The maximum Gasteiger partial charge on any atom is 0.327 e. The van der Waals surface area contributed by atoms with E-state index in [-0.39, 0.29) is 22.2 Å². The van der Waals surface area contributed by atoms with Crippen LogP contribution in [0.3, 0.4) is 0 Å². The summed E-state index contributed by atoms with van der Waals surface area (Å²) in [6, 6.07) is 3.30. The average molecular weight is 319 g/mol. The van der Waals surface area contributed by atoms with Gasteiger partial charge in [-0.3, -0.25) is 14.9 Å². The summed E-state index contributed by atoms with van der Waals surface area (Å²) in [5, 5.41) is 22.1. The second-order valence-corrected chi connectivity index (χ2v) is 5.12. The summed E-state index contributed by atoms with van der Waals surface area (Å²) >= 11 is 7.04.